The summed E-state index contributed by atoms with van der Waals surface area (Å²) in [6, 6.07) is 7.34. The molecule has 0 aliphatic heterocycles. The summed E-state index contributed by atoms with van der Waals surface area (Å²) in [7, 11) is -3.20. The van der Waals surface area contributed by atoms with Crippen LogP contribution >= 0.6 is 0 Å². The van der Waals surface area contributed by atoms with Crippen LogP contribution in [0.2, 0.25) is 0 Å². The van der Waals surface area contributed by atoms with E-state index in [-0.39, 0.29) is 5.75 Å². The predicted octanol–water partition coefficient (Wildman–Crippen LogP) is 2.32. The third kappa shape index (κ3) is 2.36. The highest BCUT2D eigenvalue weighted by Crippen LogP contribution is 2.18. The van der Waals surface area contributed by atoms with Crippen LogP contribution < -0.4 is 4.72 Å². The van der Waals surface area contributed by atoms with Gasteiger partial charge in [0.1, 0.15) is 0 Å². The van der Waals surface area contributed by atoms with E-state index in [1.165, 1.54) is 0 Å². The molecule has 1 heterocycles. The van der Waals surface area contributed by atoms with Crippen molar-refractivity contribution in [1.82, 2.24) is 4.98 Å². The molecule has 0 aliphatic carbocycles. The number of nitrogens with one attached hydrogen (secondary N) is 2. The molecule has 0 spiro atoms. The van der Waals surface area contributed by atoms with Gasteiger partial charge in [-0.15, -0.1) is 0 Å². The molecule has 0 saturated heterocycles. The van der Waals surface area contributed by atoms with Gasteiger partial charge in [-0.3, -0.25) is 4.72 Å². The Balaban J connectivity index is 2.27. The second-order valence-corrected chi connectivity index (χ2v) is 5.54. The molecule has 2 aromatic rings. The zero-order valence-corrected chi connectivity index (χ0v) is 9.84. The molecule has 0 aliphatic rings. The molecule has 0 atom stereocenters. The lowest BCUT2D eigenvalue weighted by molar-refractivity contribution is 0.600. The molecule has 0 amide bonds. The third-order valence-corrected chi connectivity index (χ3v) is 3.79. The van der Waals surface area contributed by atoms with Gasteiger partial charge >= 0.3 is 0 Å². The van der Waals surface area contributed by atoms with E-state index in [2.05, 4.69) is 9.71 Å². The standard InChI is InChI=1S/C11H14N2O2S/c1-2-7-16(14,15)13-10-3-4-11-9(8-10)5-6-12-11/h3-6,8,12-13H,2,7H2,1H3. The van der Waals surface area contributed by atoms with Crippen LogP contribution in [0.15, 0.2) is 30.5 Å². The Bertz CT molecular complexity index is 587. The Morgan fingerprint density at radius 3 is 2.88 bits per heavy atom. The first-order chi connectivity index (χ1) is 7.61. The van der Waals surface area contributed by atoms with Gasteiger partial charge in [0.05, 0.1) is 5.75 Å². The van der Waals surface area contributed by atoms with Gasteiger partial charge in [-0.2, -0.15) is 0 Å². The number of hydrogen-bond acceptors (Lipinski definition) is 2. The van der Waals surface area contributed by atoms with Crippen molar-refractivity contribution in [1.29, 1.82) is 0 Å². The quantitative estimate of drug-likeness (QED) is 0.858. The zero-order chi connectivity index (χ0) is 11.6. The summed E-state index contributed by atoms with van der Waals surface area (Å²) in [4.78, 5) is 3.06. The molecular weight excluding hydrogens is 224 g/mol. The minimum absolute atomic E-state index is 0.151. The average Bonchev–Trinajstić information content (AvgIpc) is 2.63. The SMILES string of the molecule is CCCS(=O)(=O)Nc1ccc2[nH]ccc2c1. The number of hydrogen-bond donors (Lipinski definition) is 2. The van der Waals surface area contributed by atoms with Gasteiger partial charge in [-0.05, 0) is 30.7 Å². The topological polar surface area (TPSA) is 62.0 Å². The first-order valence-corrected chi connectivity index (χ1v) is 6.83. The fourth-order valence-corrected chi connectivity index (χ4v) is 2.74. The smallest absolute Gasteiger partial charge is 0.232 e. The van der Waals surface area contributed by atoms with E-state index in [0.29, 0.717) is 12.1 Å². The van der Waals surface area contributed by atoms with Gasteiger partial charge in [0.15, 0.2) is 0 Å². The Morgan fingerprint density at radius 2 is 2.12 bits per heavy atom. The van der Waals surface area contributed by atoms with Gasteiger partial charge in [-0.25, -0.2) is 8.42 Å². The number of rotatable bonds is 4. The summed E-state index contributed by atoms with van der Waals surface area (Å²) < 4.78 is 25.7. The van der Waals surface area contributed by atoms with Crippen LogP contribution in [0.3, 0.4) is 0 Å². The number of fused-ring (bicyclic) bond motifs is 1. The molecule has 16 heavy (non-hydrogen) atoms. The van der Waals surface area contributed by atoms with Crippen LogP contribution in [0.25, 0.3) is 10.9 Å². The Morgan fingerprint density at radius 1 is 1.31 bits per heavy atom. The van der Waals surface area contributed by atoms with Crippen LogP contribution in [-0.2, 0) is 10.0 Å². The Hall–Kier alpha value is -1.49. The molecule has 2 rings (SSSR count). The summed E-state index contributed by atoms with van der Waals surface area (Å²) in [5.41, 5.74) is 1.61. The van der Waals surface area contributed by atoms with E-state index in [9.17, 15) is 8.42 Å². The molecule has 0 saturated carbocycles. The highest BCUT2D eigenvalue weighted by molar-refractivity contribution is 7.92. The number of H-pyrrole nitrogens is 1. The normalized spacial score (nSPS) is 11.8. The van der Waals surface area contributed by atoms with E-state index in [1.54, 1.807) is 6.07 Å². The van der Waals surface area contributed by atoms with Crippen molar-refractivity contribution < 1.29 is 8.42 Å². The second kappa shape index (κ2) is 4.17. The molecule has 0 fully saturated rings. The average molecular weight is 238 g/mol. The maximum atomic E-state index is 11.6. The van der Waals surface area contributed by atoms with Crippen molar-refractivity contribution in [3.05, 3.63) is 30.5 Å². The lowest BCUT2D eigenvalue weighted by atomic mass is 10.2. The van der Waals surface area contributed by atoms with E-state index in [0.717, 1.165) is 10.9 Å². The van der Waals surface area contributed by atoms with Crippen molar-refractivity contribution in [3.63, 3.8) is 0 Å². The van der Waals surface area contributed by atoms with E-state index < -0.39 is 10.0 Å². The zero-order valence-electron chi connectivity index (χ0n) is 9.03. The van der Waals surface area contributed by atoms with Crippen molar-refractivity contribution in [2.24, 2.45) is 0 Å². The summed E-state index contributed by atoms with van der Waals surface area (Å²) in [5, 5.41) is 0.997. The number of aromatic amines is 1. The number of anilines is 1. The van der Waals surface area contributed by atoms with Crippen molar-refractivity contribution in [2.45, 2.75) is 13.3 Å². The molecular formula is C11H14N2O2S. The van der Waals surface area contributed by atoms with Crippen molar-refractivity contribution in [2.75, 3.05) is 10.5 Å². The highest BCUT2D eigenvalue weighted by atomic mass is 32.2. The minimum Gasteiger partial charge on any atom is -0.361 e. The molecule has 0 radical (unpaired) electrons. The number of benzene rings is 1. The summed E-state index contributed by atoms with van der Waals surface area (Å²) in [6.45, 7) is 1.84. The second-order valence-electron chi connectivity index (χ2n) is 3.70. The van der Waals surface area contributed by atoms with Crippen LogP contribution in [0, 0.1) is 0 Å². The molecule has 2 N–H and O–H groups in total. The number of aromatic nitrogens is 1. The first kappa shape index (κ1) is 11.0. The molecule has 1 aromatic heterocycles. The number of sulfonamides is 1. The van der Waals surface area contributed by atoms with Crippen LogP contribution in [-0.4, -0.2) is 19.2 Å². The monoisotopic (exact) mass is 238 g/mol. The van der Waals surface area contributed by atoms with Crippen LogP contribution in [0.1, 0.15) is 13.3 Å². The lowest BCUT2D eigenvalue weighted by Crippen LogP contribution is -2.15. The maximum Gasteiger partial charge on any atom is 0.232 e. The fourth-order valence-electron chi connectivity index (χ4n) is 1.62. The molecule has 0 bridgehead atoms. The van der Waals surface area contributed by atoms with Gasteiger partial charge in [0, 0.05) is 22.8 Å². The van der Waals surface area contributed by atoms with Crippen LogP contribution in [0.5, 0.6) is 0 Å². The molecule has 86 valence electrons. The van der Waals surface area contributed by atoms with Gasteiger partial charge in [-0.1, -0.05) is 6.92 Å². The Labute approximate surface area is 94.7 Å². The third-order valence-electron chi connectivity index (χ3n) is 2.30. The molecule has 5 heteroatoms. The van der Waals surface area contributed by atoms with E-state index >= 15 is 0 Å². The van der Waals surface area contributed by atoms with Gasteiger partial charge in [0.25, 0.3) is 0 Å². The van der Waals surface area contributed by atoms with Crippen LogP contribution in [0.4, 0.5) is 5.69 Å². The summed E-state index contributed by atoms with van der Waals surface area (Å²) >= 11 is 0. The lowest BCUT2D eigenvalue weighted by Gasteiger charge is -2.06. The fraction of sp³-hybridized carbons (Fsp3) is 0.273. The largest absolute Gasteiger partial charge is 0.361 e. The first-order valence-electron chi connectivity index (χ1n) is 5.18. The molecule has 0 unspecified atom stereocenters. The minimum atomic E-state index is -3.20. The van der Waals surface area contributed by atoms with Gasteiger partial charge in [0.2, 0.25) is 10.0 Å². The molecule has 4 nitrogen and oxygen atoms in total. The van der Waals surface area contributed by atoms with Crippen molar-refractivity contribution in [3.8, 4) is 0 Å². The maximum absolute atomic E-state index is 11.6. The highest BCUT2D eigenvalue weighted by Gasteiger charge is 2.08. The summed E-state index contributed by atoms with van der Waals surface area (Å²) in [6.07, 6.45) is 2.44. The van der Waals surface area contributed by atoms with E-state index in [1.807, 2.05) is 31.3 Å². The Kier molecular flexibility index (Phi) is 2.87. The van der Waals surface area contributed by atoms with Gasteiger partial charge < -0.3 is 4.98 Å². The van der Waals surface area contributed by atoms with Crippen molar-refractivity contribution >= 4 is 26.6 Å². The summed E-state index contributed by atoms with van der Waals surface area (Å²) in [5.74, 6) is 0.151. The predicted molar refractivity (Wildman–Crippen MR) is 66.0 cm³/mol. The molecule has 1 aromatic carbocycles. The van der Waals surface area contributed by atoms with E-state index in [4.69, 9.17) is 0 Å².